The number of carbonyl (C=O) groups is 1. The third kappa shape index (κ3) is 4.79. The minimum atomic E-state index is -3.51. The van der Waals surface area contributed by atoms with Crippen LogP contribution >= 0.6 is 0 Å². The number of fused-ring (bicyclic) bond motifs is 1. The predicted octanol–water partition coefficient (Wildman–Crippen LogP) is 3.91. The second-order valence-corrected chi connectivity index (χ2v) is 9.80. The molecule has 0 radical (unpaired) electrons. The molecule has 0 saturated carbocycles. The number of sulfonamides is 1. The molecule has 1 fully saturated rings. The molecule has 162 valence electrons. The number of nitrogens with zero attached hydrogens (tertiary/aromatic N) is 1. The van der Waals surface area contributed by atoms with Crippen LogP contribution in [-0.4, -0.2) is 38.3 Å². The fraction of sp³-hybridized carbons (Fsp3) is 0.292. The summed E-state index contributed by atoms with van der Waals surface area (Å²) >= 11 is 0. The van der Waals surface area contributed by atoms with Gasteiger partial charge in [-0.05, 0) is 54.3 Å². The highest BCUT2D eigenvalue weighted by Crippen LogP contribution is 2.25. The van der Waals surface area contributed by atoms with Crippen molar-refractivity contribution in [1.82, 2.24) is 9.62 Å². The SMILES string of the molecule is C[C@@H](NCC(=O)Nc1cccc(S(=O)(=O)N2CCCC2)c1)c1cccc2ccccc12. The molecule has 3 aromatic rings. The van der Waals surface area contributed by atoms with E-state index in [-0.39, 0.29) is 23.4 Å². The number of rotatable bonds is 7. The van der Waals surface area contributed by atoms with Gasteiger partial charge in [0.1, 0.15) is 0 Å². The number of amides is 1. The zero-order valence-corrected chi connectivity index (χ0v) is 18.4. The van der Waals surface area contributed by atoms with Crippen LogP contribution in [0.4, 0.5) is 5.69 Å². The third-order valence-corrected chi connectivity index (χ3v) is 7.57. The molecule has 4 rings (SSSR count). The summed E-state index contributed by atoms with van der Waals surface area (Å²) in [4.78, 5) is 12.7. The van der Waals surface area contributed by atoms with Crippen molar-refractivity contribution in [3.8, 4) is 0 Å². The first-order chi connectivity index (χ1) is 14.9. The second-order valence-electron chi connectivity index (χ2n) is 7.86. The van der Waals surface area contributed by atoms with Crippen molar-refractivity contribution in [3.05, 3.63) is 72.3 Å². The fourth-order valence-corrected chi connectivity index (χ4v) is 5.56. The van der Waals surface area contributed by atoms with Gasteiger partial charge in [0.25, 0.3) is 0 Å². The number of nitrogens with one attached hydrogen (secondary N) is 2. The third-order valence-electron chi connectivity index (χ3n) is 5.68. The molecule has 0 aliphatic carbocycles. The van der Waals surface area contributed by atoms with Gasteiger partial charge in [-0.15, -0.1) is 0 Å². The number of carbonyl (C=O) groups excluding carboxylic acids is 1. The van der Waals surface area contributed by atoms with Crippen LogP contribution < -0.4 is 10.6 Å². The van der Waals surface area contributed by atoms with Gasteiger partial charge in [0.05, 0.1) is 11.4 Å². The molecule has 1 heterocycles. The van der Waals surface area contributed by atoms with Gasteiger partial charge in [0.15, 0.2) is 0 Å². The van der Waals surface area contributed by atoms with Crippen LogP contribution in [0.1, 0.15) is 31.4 Å². The molecule has 0 spiro atoms. The van der Waals surface area contributed by atoms with Crippen molar-refractivity contribution in [1.29, 1.82) is 0 Å². The molecule has 1 atom stereocenters. The van der Waals surface area contributed by atoms with Crippen LogP contribution in [0.5, 0.6) is 0 Å². The monoisotopic (exact) mass is 437 g/mol. The van der Waals surface area contributed by atoms with Gasteiger partial charge in [-0.25, -0.2) is 8.42 Å². The Hall–Kier alpha value is -2.74. The maximum Gasteiger partial charge on any atom is 0.243 e. The topological polar surface area (TPSA) is 78.5 Å². The first kappa shape index (κ1) is 21.5. The summed E-state index contributed by atoms with van der Waals surface area (Å²) in [5, 5.41) is 8.39. The highest BCUT2D eigenvalue weighted by molar-refractivity contribution is 7.89. The Labute approximate surface area is 183 Å². The molecule has 0 bridgehead atoms. The van der Waals surface area contributed by atoms with Gasteiger partial charge in [-0.1, -0.05) is 48.5 Å². The molecule has 1 aliphatic rings. The Morgan fingerprint density at radius 2 is 1.71 bits per heavy atom. The van der Waals surface area contributed by atoms with E-state index in [4.69, 9.17) is 0 Å². The van der Waals surface area contributed by atoms with E-state index in [9.17, 15) is 13.2 Å². The van der Waals surface area contributed by atoms with E-state index in [0.717, 1.165) is 29.2 Å². The van der Waals surface area contributed by atoms with E-state index >= 15 is 0 Å². The van der Waals surface area contributed by atoms with Gasteiger partial charge in [-0.3, -0.25) is 4.79 Å². The molecule has 2 N–H and O–H groups in total. The molecular formula is C24H27N3O3S. The normalized spacial score (nSPS) is 15.8. The summed E-state index contributed by atoms with van der Waals surface area (Å²) in [6, 6.07) is 20.8. The minimum absolute atomic E-state index is 0.0151. The summed E-state index contributed by atoms with van der Waals surface area (Å²) in [5.41, 5.74) is 1.61. The lowest BCUT2D eigenvalue weighted by Crippen LogP contribution is -2.30. The maximum atomic E-state index is 12.8. The second kappa shape index (κ2) is 9.18. The van der Waals surface area contributed by atoms with Gasteiger partial charge in [-0.2, -0.15) is 4.31 Å². The summed E-state index contributed by atoms with van der Waals surface area (Å²) in [6.07, 6.45) is 1.77. The number of anilines is 1. The van der Waals surface area contributed by atoms with Crippen LogP contribution in [0.3, 0.4) is 0 Å². The first-order valence-corrected chi connectivity index (χ1v) is 12.0. The van der Waals surface area contributed by atoms with Gasteiger partial charge < -0.3 is 10.6 Å². The molecule has 7 heteroatoms. The average Bonchev–Trinajstić information content (AvgIpc) is 3.33. The summed E-state index contributed by atoms with van der Waals surface area (Å²) < 4.78 is 27.0. The van der Waals surface area contributed by atoms with E-state index in [1.807, 2.05) is 25.1 Å². The lowest BCUT2D eigenvalue weighted by molar-refractivity contribution is -0.115. The van der Waals surface area contributed by atoms with Crippen LogP contribution in [0.25, 0.3) is 10.8 Å². The molecule has 0 aromatic heterocycles. The van der Waals surface area contributed by atoms with Gasteiger partial charge in [0.2, 0.25) is 15.9 Å². The van der Waals surface area contributed by atoms with Crippen molar-refractivity contribution in [2.75, 3.05) is 25.0 Å². The minimum Gasteiger partial charge on any atom is -0.325 e. The maximum absolute atomic E-state index is 12.8. The van der Waals surface area contributed by atoms with E-state index in [1.54, 1.807) is 18.2 Å². The quantitative estimate of drug-likeness (QED) is 0.587. The zero-order chi connectivity index (χ0) is 21.8. The van der Waals surface area contributed by atoms with Crippen molar-refractivity contribution in [2.45, 2.75) is 30.7 Å². The Balaban J connectivity index is 1.40. The van der Waals surface area contributed by atoms with Crippen LogP contribution in [-0.2, 0) is 14.8 Å². The largest absolute Gasteiger partial charge is 0.325 e. The van der Waals surface area contributed by atoms with E-state index in [0.29, 0.717) is 18.8 Å². The summed E-state index contributed by atoms with van der Waals surface area (Å²) in [7, 11) is -3.51. The Kier molecular flexibility index (Phi) is 6.36. The van der Waals surface area contributed by atoms with E-state index < -0.39 is 10.0 Å². The molecule has 6 nitrogen and oxygen atoms in total. The van der Waals surface area contributed by atoms with E-state index in [1.165, 1.54) is 10.4 Å². The summed E-state index contributed by atoms with van der Waals surface area (Å²) in [5.74, 6) is -0.220. The van der Waals surface area contributed by atoms with Crippen LogP contribution in [0.2, 0.25) is 0 Å². The molecule has 0 unspecified atom stereocenters. The summed E-state index contributed by atoms with van der Waals surface area (Å²) in [6.45, 7) is 3.25. The molecule has 31 heavy (non-hydrogen) atoms. The molecule has 3 aromatic carbocycles. The van der Waals surface area contributed by atoms with Crippen LogP contribution in [0, 0.1) is 0 Å². The van der Waals surface area contributed by atoms with Crippen molar-refractivity contribution in [2.24, 2.45) is 0 Å². The highest BCUT2D eigenvalue weighted by Gasteiger charge is 2.27. The lowest BCUT2D eigenvalue weighted by Gasteiger charge is -2.17. The van der Waals surface area contributed by atoms with E-state index in [2.05, 4.69) is 34.9 Å². The Bertz CT molecular complexity index is 1180. The fourth-order valence-electron chi connectivity index (χ4n) is 4.00. The Morgan fingerprint density at radius 1 is 1.00 bits per heavy atom. The Morgan fingerprint density at radius 3 is 2.52 bits per heavy atom. The highest BCUT2D eigenvalue weighted by atomic mass is 32.2. The van der Waals surface area contributed by atoms with Crippen molar-refractivity contribution in [3.63, 3.8) is 0 Å². The van der Waals surface area contributed by atoms with Crippen molar-refractivity contribution < 1.29 is 13.2 Å². The molecule has 1 aliphatic heterocycles. The molecular weight excluding hydrogens is 410 g/mol. The van der Waals surface area contributed by atoms with Crippen molar-refractivity contribution >= 4 is 32.4 Å². The standard InChI is InChI=1S/C24H27N3O3S/c1-18(22-13-6-9-19-8-2-3-12-23(19)22)25-17-24(28)26-20-10-7-11-21(16-20)31(29,30)27-14-4-5-15-27/h2-3,6-13,16,18,25H,4-5,14-15,17H2,1H3,(H,26,28)/t18-/m1/s1. The molecule has 1 saturated heterocycles. The van der Waals surface area contributed by atoms with Gasteiger partial charge in [0, 0.05) is 24.8 Å². The average molecular weight is 438 g/mol. The predicted molar refractivity (Wildman–Crippen MR) is 123 cm³/mol. The molecule has 1 amide bonds. The van der Waals surface area contributed by atoms with Crippen LogP contribution in [0.15, 0.2) is 71.6 Å². The number of hydrogen-bond acceptors (Lipinski definition) is 4. The smallest absolute Gasteiger partial charge is 0.243 e. The van der Waals surface area contributed by atoms with Gasteiger partial charge >= 0.3 is 0 Å². The number of hydrogen-bond donors (Lipinski definition) is 2. The zero-order valence-electron chi connectivity index (χ0n) is 17.5. The first-order valence-electron chi connectivity index (χ1n) is 10.6. The lowest BCUT2D eigenvalue weighted by atomic mass is 10.00. The number of benzene rings is 3.